The number of nitrogen functional groups attached to an aromatic ring is 1. The van der Waals surface area contributed by atoms with Crippen molar-refractivity contribution in [3.63, 3.8) is 0 Å². The lowest BCUT2D eigenvalue weighted by molar-refractivity contribution is -0.149. The topological polar surface area (TPSA) is 222 Å². The molecule has 0 aromatic heterocycles. The number of hydrogen-bond acceptors (Lipinski definition) is 10. The van der Waals surface area contributed by atoms with Crippen LogP contribution in [0.15, 0.2) is 23.0 Å². The number of aliphatic hydroxyl groups excluding tert-OH is 2. The van der Waals surface area contributed by atoms with Crippen LogP contribution in [0, 0.1) is 11.8 Å². The second-order valence-corrected chi connectivity index (χ2v) is 9.34. The molecular formula is C25H33FN4O7. The van der Waals surface area contributed by atoms with Crippen molar-refractivity contribution in [2.24, 2.45) is 23.3 Å². The Kier molecular flexibility index (Phi) is 7.68. The molecular weight excluding hydrogens is 487 g/mol. The summed E-state index contributed by atoms with van der Waals surface area (Å²) in [6.07, 6.45) is -0.0449. The number of fused-ring (bicyclic) bond motifs is 3. The second-order valence-electron chi connectivity index (χ2n) is 9.34. The van der Waals surface area contributed by atoms with E-state index in [1.807, 2.05) is 13.8 Å². The highest BCUT2D eigenvalue weighted by Crippen LogP contribution is 2.52. The van der Waals surface area contributed by atoms with Crippen molar-refractivity contribution in [3.8, 4) is 5.75 Å². The fourth-order valence-corrected chi connectivity index (χ4v) is 5.35. The van der Waals surface area contributed by atoms with E-state index in [-0.39, 0.29) is 47.5 Å². The fraction of sp³-hybridized carbons (Fsp3) is 0.480. The number of carbonyl (C=O) groups is 3. The van der Waals surface area contributed by atoms with E-state index >= 15 is 0 Å². The van der Waals surface area contributed by atoms with Gasteiger partial charge in [0, 0.05) is 35.3 Å². The average Bonchev–Trinajstić information content (AvgIpc) is 2.86. The van der Waals surface area contributed by atoms with Gasteiger partial charge >= 0.3 is 0 Å². The zero-order valence-electron chi connectivity index (χ0n) is 20.8. The van der Waals surface area contributed by atoms with E-state index in [9.17, 15) is 39.2 Å². The van der Waals surface area contributed by atoms with Gasteiger partial charge in [-0.25, -0.2) is 4.39 Å². The fourth-order valence-electron chi connectivity index (χ4n) is 5.35. The molecule has 1 aromatic carbocycles. The van der Waals surface area contributed by atoms with Gasteiger partial charge in [0.1, 0.15) is 29.5 Å². The number of benzene rings is 1. The SMILES string of the molecule is CC.CC(CF)NCc1cc(N)c2c(c1O)C(O)=C1C(=O)[C@]3(O)C(O)=C(C(N)=O)C(=O)C(N)[C@@H]3CC1C2. The molecule has 5 atom stereocenters. The van der Waals surface area contributed by atoms with E-state index in [1.165, 1.54) is 6.07 Å². The number of Topliss-reactive ketones (excluding diaryl/α,β-unsaturated/α-hetero) is 2. The molecule has 0 aliphatic heterocycles. The monoisotopic (exact) mass is 520 g/mol. The third-order valence-corrected chi connectivity index (χ3v) is 7.24. The predicted octanol–water partition coefficient (Wildman–Crippen LogP) is 0.417. The number of aromatic hydroxyl groups is 1. The minimum Gasteiger partial charge on any atom is -0.508 e. The first-order chi connectivity index (χ1) is 17.4. The molecule has 3 aliphatic rings. The van der Waals surface area contributed by atoms with Crippen LogP contribution in [0.5, 0.6) is 5.75 Å². The number of amides is 1. The summed E-state index contributed by atoms with van der Waals surface area (Å²) in [6.45, 7) is 4.96. The number of nitrogens with two attached hydrogens (primary N) is 3. The second kappa shape index (κ2) is 10.1. The molecule has 11 N–H and O–H groups in total. The summed E-state index contributed by atoms with van der Waals surface area (Å²) in [5.74, 6) is -7.81. The van der Waals surface area contributed by atoms with Gasteiger partial charge in [0.25, 0.3) is 5.91 Å². The molecule has 3 unspecified atom stereocenters. The lowest BCUT2D eigenvalue weighted by Gasteiger charge is -2.48. The van der Waals surface area contributed by atoms with Gasteiger partial charge in [0.2, 0.25) is 5.78 Å². The van der Waals surface area contributed by atoms with Crippen molar-refractivity contribution < 1.29 is 39.2 Å². The highest BCUT2D eigenvalue weighted by atomic mass is 19.1. The molecule has 202 valence electrons. The number of phenolic OH excluding ortho intramolecular Hbond substituents is 1. The Hall–Kier alpha value is -3.48. The van der Waals surface area contributed by atoms with Crippen LogP contribution in [-0.2, 0) is 27.3 Å². The van der Waals surface area contributed by atoms with E-state index in [0.717, 1.165) is 0 Å². The van der Waals surface area contributed by atoms with Crippen molar-refractivity contribution in [1.82, 2.24) is 5.32 Å². The summed E-state index contributed by atoms with van der Waals surface area (Å²) in [6, 6.07) is -0.541. The summed E-state index contributed by atoms with van der Waals surface area (Å²) in [7, 11) is 0. The quantitative estimate of drug-likeness (QED) is 0.152. The molecule has 37 heavy (non-hydrogen) atoms. The van der Waals surface area contributed by atoms with Crippen LogP contribution in [0.1, 0.15) is 43.9 Å². The summed E-state index contributed by atoms with van der Waals surface area (Å²) in [5, 5.41) is 46.8. The predicted molar refractivity (Wildman–Crippen MR) is 133 cm³/mol. The average molecular weight is 521 g/mol. The molecule has 4 rings (SSSR count). The molecule has 1 fully saturated rings. The lowest BCUT2D eigenvalue weighted by atomic mass is 9.58. The summed E-state index contributed by atoms with van der Waals surface area (Å²) in [4.78, 5) is 37.9. The van der Waals surface area contributed by atoms with Crippen molar-refractivity contribution in [3.05, 3.63) is 39.7 Å². The maximum absolute atomic E-state index is 13.6. The Morgan fingerprint density at radius 3 is 2.46 bits per heavy atom. The van der Waals surface area contributed by atoms with Gasteiger partial charge in [0.05, 0.1) is 11.6 Å². The third-order valence-electron chi connectivity index (χ3n) is 7.24. The maximum atomic E-state index is 13.6. The van der Waals surface area contributed by atoms with Crippen LogP contribution in [0.3, 0.4) is 0 Å². The first-order valence-electron chi connectivity index (χ1n) is 12.0. The standard InChI is InChI=1S/C23H27FN4O7.C2H6/c1-7(5-24)28-6-9-4-12(25)10-2-8-3-11-16(26)19(31)15(22(27)34)21(33)23(11,35)20(32)13(8)18(30)14(10)17(9)29;1-2/h4,7-8,11,16,28-30,33,35H,2-3,5-6,25-26H2,1H3,(H2,27,34);1-2H3/t7?,8?,11-,16?,23-;/m0./s1. The van der Waals surface area contributed by atoms with Crippen LogP contribution in [-0.4, -0.2) is 62.3 Å². The molecule has 1 saturated carbocycles. The number of rotatable bonds is 5. The van der Waals surface area contributed by atoms with E-state index < -0.39 is 70.8 Å². The molecule has 0 radical (unpaired) electrons. The molecule has 0 saturated heterocycles. The van der Waals surface area contributed by atoms with Crippen LogP contribution in [0.25, 0.3) is 5.76 Å². The van der Waals surface area contributed by atoms with Crippen LogP contribution in [0.2, 0.25) is 0 Å². The van der Waals surface area contributed by atoms with Gasteiger partial charge in [-0.2, -0.15) is 0 Å². The number of ketones is 2. The smallest absolute Gasteiger partial charge is 0.255 e. The highest BCUT2D eigenvalue weighted by Gasteiger charge is 2.63. The van der Waals surface area contributed by atoms with Gasteiger partial charge in [0.15, 0.2) is 11.4 Å². The Bertz CT molecular complexity index is 1230. The zero-order chi connectivity index (χ0) is 28.0. The minimum atomic E-state index is -2.77. The zero-order valence-corrected chi connectivity index (χ0v) is 20.8. The van der Waals surface area contributed by atoms with Gasteiger partial charge < -0.3 is 42.9 Å². The Labute approximate surface area is 212 Å². The van der Waals surface area contributed by atoms with Crippen LogP contribution >= 0.6 is 0 Å². The molecule has 11 nitrogen and oxygen atoms in total. The molecule has 1 aromatic rings. The van der Waals surface area contributed by atoms with Gasteiger partial charge in [-0.05, 0) is 37.3 Å². The molecule has 3 aliphatic carbocycles. The molecule has 0 spiro atoms. The van der Waals surface area contributed by atoms with E-state index in [4.69, 9.17) is 17.2 Å². The molecule has 1 amide bonds. The molecule has 0 heterocycles. The van der Waals surface area contributed by atoms with Crippen LogP contribution in [0.4, 0.5) is 10.1 Å². The van der Waals surface area contributed by atoms with Gasteiger partial charge in [-0.1, -0.05) is 13.8 Å². The van der Waals surface area contributed by atoms with Gasteiger partial charge in [-0.3, -0.25) is 14.4 Å². The lowest BCUT2D eigenvalue weighted by Crippen LogP contribution is -2.65. The number of phenols is 1. The van der Waals surface area contributed by atoms with E-state index in [2.05, 4.69) is 5.32 Å². The summed E-state index contributed by atoms with van der Waals surface area (Å²) in [5.41, 5.74) is 14.0. The third kappa shape index (κ3) is 4.14. The molecule has 0 bridgehead atoms. The number of carbonyl (C=O) groups excluding carboxylic acids is 3. The van der Waals surface area contributed by atoms with Crippen molar-refractivity contribution in [1.29, 1.82) is 0 Å². The Morgan fingerprint density at radius 2 is 1.89 bits per heavy atom. The van der Waals surface area contributed by atoms with Gasteiger partial charge in [-0.15, -0.1) is 0 Å². The normalized spacial score (nSPS) is 27.6. The number of hydrogen-bond donors (Lipinski definition) is 8. The van der Waals surface area contributed by atoms with Crippen molar-refractivity contribution in [2.45, 2.75) is 57.8 Å². The van der Waals surface area contributed by atoms with Crippen molar-refractivity contribution in [2.75, 3.05) is 12.4 Å². The van der Waals surface area contributed by atoms with Crippen LogP contribution < -0.4 is 22.5 Å². The minimum absolute atomic E-state index is 0.0167. The number of alkyl halides is 1. The Morgan fingerprint density at radius 1 is 1.27 bits per heavy atom. The summed E-state index contributed by atoms with van der Waals surface area (Å²) < 4.78 is 12.8. The number of anilines is 1. The maximum Gasteiger partial charge on any atom is 0.255 e. The van der Waals surface area contributed by atoms with Crippen molar-refractivity contribution >= 4 is 28.9 Å². The number of halogens is 1. The first kappa shape index (κ1) is 28.1. The number of primary amides is 1. The van der Waals surface area contributed by atoms with E-state index in [0.29, 0.717) is 5.56 Å². The van der Waals surface area contributed by atoms with E-state index in [1.54, 1.807) is 6.92 Å². The Balaban J connectivity index is 0.00000186. The molecule has 12 heteroatoms. The number of nitrogens with one attached hydrogen (secondary N) is 1. The summed E-state index contributed by atoms with van der Waals surface area (Å²) >= 11 is 0. The number of aliphatic hydroxyl groups is 3. The first-order valence-corrected chi connectivity index (χ1v) is 12.0. The largest absolute Gasteiger partial charge is 0.508 e. The highest BCUT2D eigenvalue weighted by molar-refractivity contribution is 6.24.